The summed E-state index contributed by atoms with van der Waals surface area (Å²) in [6.45, 7) is 2.88. The SMILES string of the molecule is Cc1ccc(S(=O)(=O)N(CC(=O)Nc2ccc(S(=O)(=O)Nc3cccc(Cl)c3C)cc2)c2cc(Cl)ccc2Cl)cc1. The summed E-state index contributed by atoms with van der Waals surface area (Å²) in [5.74, 6) is -0.694. The number of sulfonamides is 2. The highest BCUT2D eigenvalue weighted by Crippen LogP contribution is 2.33. The molecule has 0 bridgehead atoms. The quantitative estimate of drug-likeness (QED) is 0.204. The van der Waals surface area contributed by atoms with Crippen molar-refractivity contribution in [2.45, 2.75) is 23.6 Å². The second-order valence-electron chi connectivity index (χ2n) is 9.01. The van der Waals surface area contributed by atoms with E-state index in [1.807, 2.05) is 6.92 Å². The van der Waals surface area contributed by atoms with E-state index in [0.29, 0.717) is 16.3 Å². The highest BCUT2D eigenvalue weighted by molar-refractivity contribution is 7.93. The Bertz CT molecular complexity index is 1810. The molecule has 0 aliphatic carbocycles. The van der Waals surface area contributed by atoms with Crippen LogP contribution in [0, 0.1) is 13.8 Å². The molecule has 0 unspecified atom stereocenters. The van der Waals surface area contributed by atoms with Crippen molar-refractivity contribution in [3.8, 4) is 0 Å². The number of nitrogens with one attached hydrogen (secondary N) is 2. The van der Waals surface area contributed by atoms with Gasteiger partial charge in [0, 0.05) is 15.7 Å². The number of rotatable bonds is 9. The monoisotopic (exact) mass is 651 g/mol. The lowest BCUT2D eigenvalue weighted by atomic mass is 10.2. The Morgan fingerprint density at radius 3 is 2.07 bits per heavy atom. The van der Waals surface area contributed by atoms with Crippen LogP contribution in [0.3, 0.4) is 0 Å². The molecule has 2 N–H and O–H groups in total. The Balaban J connectivity index is 1.57. The zero-order chi connectivity index (χ0) is 29.9. The van der Waals surface area contributed by atoms with Crippen LogP contribution in [0.2, 0.25) is 15.1 Å². The van der Waals surface area contributed by atoms with E-state index in [0.717, 1.165) is 9.87 Å². The third-order valence-electron chi connectivity index (χ3n) is 6.03. The van der Waals surface area contributed by atoms with Crippen molar-refractivity contribution < 1.29 is 21.6 Å². The van der Waals surface area contributed by atoms with E-state index < -0.39 is 32.5 Å². The summed E-state index contributed by atoms with van der Waals surface area (Å²) in [5, 5.41) is 3.32. The first-order valence-corrected chi connectivity index (χ1v) is 16.1. The lowest BCUT2D eigenvalue weighted by molar-refractivity contribution is -0.114. The van der Waals surface area contributed by atoms with Crippen LogP contribution in [0.1, 0.15) is 11.1 Å². The summed E-state index contributed by atoms with van der Waals surface area (Å²) in [4.78, 5) is 13.0. The molecule has 0 aliphatic rings. The van der Waals surface area contributed by atoms with Crippen molar-refractivity contribution in [1.29, 1.82) is 0 Å². The number of amides is 1. The maximum Gasteiger partial charge on any atom is 0.264 e. The molecule has 0 spiro atoms. The Labute approximate surface area is 254 Å². The van der Waals surface area contributed by atoms with Crippen molar-refractivity contribution in [3.63, 3.8) is 0 Å². The van der Waals surface area contributed by atoms with Crippen LogP contribution < -0.4 is 14.3 Å². The molecule has 0 saturated carbocycles. The molecule has 0 radical (unpaired) electrons. The van der Waals surface area contributed by atoms with Crippen molar-refractivity contribution in [1.82, 2.24) is 0 Å². The number of hydrogen-bond donors (Lipinski definition) is 2. The average molecular weight is 653 g/mol. The summed E-state index contributed by atoms with van der Waals surface area (Å²) < 4.78 is 56.4. The van der Waals surface area contributed by atoms with Gasteiger partial charge in [-0.15, -0.1) is 0 Å². The van der Waals surface area contributed by atoms with Crippen LogP contribution in [-0.4, -0.2) is 29.3 Å². The molecule has 41 heavy (non-hydrogen) atoms. The summed E-state index contributed by atoms with van der Waals surface area (Å²) in [7, 11) is -8.18. The minimum atomic E-state index is -4.23. The molecule has 13 heteroatoms. The number of carbonyl (C=O) groups excluding carboxylic acids is 1. The molecule has 4 rings (SSSR count). The minimum Gasteiger partial charge on any atom is -0.325 e. The van der Waals surface area contributed by atoms with Crippen LogP contribution in [0.25, 0.3) is 0 Å². The zero-order valence-corrected chi connectivity index (χ0v) is 25.6. The fourth-order valence-electron chi connectivity index (χ4n) is 3.78. The number of anilines is 3. The van der Waals surface area contributed by atoms with Gasteiger partial charge in [0.15, 0.2) is 0 Å². The maximum absolute atomic E-state index is 13.6. The molecule has 4 aromatic rings. The molecule has 8 nitrogen and oxygen atoms in total. The van der Waals surface area contributed by atoms with E-state index in [-0.39, 0.29) is 31.2 Å². The number of halogens is 3. The third-order valence-corrected chi connectivity index (χ3v) is 10.2. The van der Waals surface area contributed by atoms with Gasteiger partial charge in [-0.05, 0) is 86.1 Å². The summed E-state index contributed by atoms with van der Waals surface area (Å²) in [6.07, 6.45) is 0. The van der Waals surface area contributed by atoms with Crippen LogP contribution in [0.15, 0.2) is 94.7 Å². The molecular weight excluding hydrogens is 629 g/mol. The fourth-order valence-corrected chi connectivity index (χ4v) is 6.95. The largest absolute Gasteiger partial charge is 0.325 e. The Morgan fingerprint density at radius 2 is 1.41 bits per heavy atom. The maximum atomic E-state index is 13.6. The fraction of sp³-hybridized carbons (Fsp3) is 0.107. The molecular formula is C28H24Cl3N3O5S2. The van der Waals surface area contributed by atoms with Crippen molar-refractivity contribution in [2.24, 2.45) is 0 Å². The molecule has 0 atom stereocenters. The standard InChI is InChI=1S/C28H24Cl3N3O5S2/c1-18-6-11-23(12-7-18)41(38,39)34(27-16-20(29)8-15-25(27)31)17-28(35)32-21-9-13-22(14-10-21)40(36,37)33-26-5-3-4-24(30)19(26)2/h3-16,33H,17H2,1-2H3,(H,32,35). The highest BCUT2D eigenvalue weighted by atomic mass is 35.5. The summed E-state index contributed by atoms with van der Waals surface area (Å²) in [5.41, 5.74) is 2.05. The molecule has 0 aromatic heterocycles. The summed E-state index contributed by atoms with van der Waals surface area (Å²) in [6, 6.07) is 20.7. The average Bonchev–Trinajstić information content (AvgIpc) is 2.92. The molecule has 0 heterocycles. The lowest BCUT2D eigenvalue weighted by Gasteiger charge is -2.25. The Hall–Kier alpha value is -3.28. The first kappa shape index (κ1) is 30.7. The number of benzene rings is 4. The smallest absolute Gasteiger partial charge is 0.264 e. The van der Waals surface area contributed by atoms with Crippen molar-refractivity contribution in [2.75, 3.05) is 20.9 Å². The number of nitrogens with zero attached hydrogens (tertiary/aromatic N) is 1. The van der Waals surface area contributed by atoms with Gasteiger partial charge in [0.1, 0.15) is 6.54 Å². The van der Waals surface area contributed by atoms with Gasteiger partial charge < -0.3 is 5.32 Å². The lowest BCUT2D eigenvalue weighted by Crippen LogP contribution is -2.38. The van der Waals surface area contributed by atoms with E-state index in [9.17, 15) is 21.6 Å². The minimum absolute atomic E-state index is 0.0266. The third kappa shape index (κ3) is 7.14. The van der Waals surface area contributed by atoms with Gasteiger partial charge in [0.05, 0.1) is 26.2 Å². The second-order valence-corrected chi connectivity index (χ2v) is 13.8. The first-order valence-electron chi connectivity index (χ1n) is 12.0. The van der Waals surface area contributed by atoms with Crippen LogP contribution in [0.5, 0.6) is 0 Å². The van der Waals surface area contributed by atoms with Crippen LogP contribution in [-0.2, 0) is 24.8 Å². The van der Waals surface area contributed by atoms with Gasteiger partial charge in [0.2, 0.25) is 5.91 Å². The van der Waals surface area contributed by atoms with Gasteiger partial charge in [-0.2, -0.15) is 0 Å². The van der Waals surface area contributed by atoms with Crippen LogP contribution >= 0.6 is 34.8 Å². The molecule has 0 saturated heterocycles. The van der Waals surface area contributed by atoms with E-state index in [2.05, 4.69) is 10.0 Å². The van der Waals surface area contributed by atoms with E-state index in [1.165, 1.54) is 54.6 Å². The highest BCUT2D eigenvalue weighted by Gasteiger charge is 2.29. The number of aryl methyl sites for hydroxylation is 1. The zero-order valence-electron chi connectivity index (χ0n) is 21.7. The molecule has 4 aromatic carbocycles. The van der Waals surface area contributed by atoms with Gasteiger partial charge >= 0.3 is 0 Å². The summed E-state index contributed by atoms with van der Waals surface area (Å²) >= 11 is 18.5. The van der Waals surface area contributed by atoms with Gasteiger partial charge in [-0.25, -0.2) is 16.8 Å². The van der Waals surface area contributed by atoms with Crippen LogP contribution in [0.4, 0.5) is 17.1 Å². The van der Waals surface area contributed by atoms with Crippen molar-refractivity contribution in [3.05, 3.63) is 111 Å². The molecule has 0 aliphatic heterocycles. The predicted molar refractivity (Wildman–Crippen MR) is 164 cm³/mol. The number of hydrogen-bond acceptors (Lipinski definition) is 5. The first-order chi connectivity index (χ1) is 19.3. The topological polar surface area (TPSA) is 113 Å². The van der Waals surface area contributed by atoms with Gasteiger partial charge in [-0.1, -0.05) is 58.6 Å². The van der Waals surface area contributed by atoms with E-state index in [1.54, 1.807) is 37.3 Å². The van der Waals surface area contributed by atoms with E-state index in [4.69, 9.17) is 34.8 Å². The Kier molecular flexibility index (Phi) is 9.20. The van der Waals surface area contributed by atoms with E-state index >= 15 is 0 Å². The molecule has 1 amide bonds. The van der Waals surface area contributed by atoms with Crippen molar-refractivity contribution >= 4 is 77.8 Å². The normalized spacial score (nSPS) is 11.6. The predicted octanol–water partition coefficient (Wildman–Crippen LogP) is 6.90. The number of carbonyl (C=O) groups is 1. The van der Waals surface area contributed by atoms with Gasteiger partial charge in [-0.3, -0.25) is 13.8 Å². The molecule has 214 valence electrons. The Morgan fingerprint density at radius 1 is 0.780 bits per heavy atom. The second kappa shape index (κ2) is 12.3. The van der Waals surface area contributed by atoms with Gasteiger partial charge in [0.25, 0.3) is 20.0 Å². The molecule has 0 fully saturated rings.